The van der Waals surface area contributed by atoms with Crippen molar-refractivity contribution in [3.8, 4) is 0 Å². The van der Waals surface area contributed by atoms with Gasteiger partial charge in [-0.3, -0.25) is 4.79 Å². The van der Waals surface area contributed by atoms with Gasteiger partial charge in [0, 0.05) is 25.4 Å². The molecular formula is C9H18N2O2S. The molecule has 1 unspecified atom stereocenters. The molecule has 0 aliphatic carbocycles. The van der Waals surface area contributed by atoms with E-state index in [-0.39, 0.29) is 5.91 Å². The van der Waals surface area contributed by atoms with E-state index < -0.39 is 0 Å². The van der Waals surface area contributed by atoms with Crippen LogP contribution in [0.4, 0.5) is 0 Å². The van der Waals surface area contributed by atoms with Crippen LogP contribution in [0.15, 0.2) is 0 Å². The highest BCUT2D eigenvalue weighted by Gasteiger charge is 2.15. The molecule has 1 saturated heterocycles. The lowest BCUT2D eigenvalue weighted by atomic mass is 10.2. The van der Waals surface area contributed by atoms with Gasteiger partial charge in [0.2, 0.25) is 5.91 Å². The summed E-state index contributed by atoms with van der Waals surface area (Å²) in [5.74, 6) is 2.40. The summed E-state index contributed by atoms with van der Waals surface area (Å²) in [5.41, 5.74) is 0. The second kappa shape index (κ2) is 7.09. The molecule has 1 amide bonds. The van der Waals surface area contributed by atoms with Gasteiger partial charge in [0.15, 0.2) is 0 Å². The van der Waals surface area contributed by atoms with E-state index in [1.54, 1.807) is 7.11 Å². The monoisotopic (exact) mass is 218 g/mol. The molecule has 4 nitrogen and oxygen atoms in total. The van der Waals surface area contributed by atoms with Crippen LogP contribution in [-0.2, 0) is 9.53 Å². The average Bonchev–Trinajstić information content (AvgIpc) is 2.68. The Morgan fingerprint density at radius 1 is 1.64 bits per heavy atom. The largest absolute Gasteiger partial charge is 0.383 e. The van der Waals surface area contributed by atoms with Crippen molar-refractivity contribution in [2.45, 2.75) is 12.5 Å². The molecule has 14 heavy (non-hydrogen) atoms. The van der Waals surface area contributed by atoms with E-state index in [2.05, 4.69) is 10.6 Å². The van der Waals surface area contributed by atoms with Crippen LogP contribution >= 0.6 is 11.8 Å². The molecule has 1 atom stereocenters. The zero-order valence-corrected chi connectivity index (χ0v) is 9.36. The lowest BCUT2D eigenvalue weighted by Gasteiger charge is -2.10. The summed E-state index contributed by atoms with van der Waals surface area (Å²) in [5, 5.41) is 6.01. The van der Waals surface area contributed by atoms with Gasteiger partial charge in [-0.15, -0.1) is 0 Å². The summed E-state index contributed by atoms with van der Waals surface area (Å²) in [6, 6.07) is 0.521. The van der Waals surface area contributed by atoms with Crippen LogP contribution in [0.2, 0.25) is 0 Å². The number of carbonyl (C=O) groups excluding carboxylic acids is 1. The van der Waals surface area contributed by atoms with Gasteiger partial charge in [-0.25, -0.2) is 0 Å². The third kappa shape index (κ3) is 4.83. The van der Waals surface area contributed by atoms with Crippen LogP contribution in [0.1, 0.15) is 6.42 Å². The van der Waals surface area contributed by atoms with Gasteiger partial charge >= 0.3 is 0 Å². The summed E-state index contributed by atoms with van der Waals surface area (Å²) < 4.78 is 4.83. The second-order valence-corrected chi connectivity index (χ2v) is 4.43. The van der Waals surface area contributed by atoms with Gasteiger partial charge in [0.05, 0.1) is 13.2 Å². The van der Waals surface area contributed by atoms with Crippen LogP contribution in [0.25, 0.3) is 0 Å². The van der Waals surface area contributed by atoms with E-state index in [0.29, 0.717) is 25.7 Å². The Balaban J connectivity index is 1.96. The molecule has 1 heterocycles. The summed E-state index contributed by atoms with van der Waals surface area (Å²) in [6.45, 7) is 1.59. The third-order valence-electron chi connectivity index (χ3n) is 2.11. The first kappa shape index (κ1) is 11.8. The lowest BCUT2D eigenvalue weighted by molar-refractivity contribution is -0.120. The second-order valence-electron chi connectivity index (χ2n) is 3.28. The van der Waals surface area contributed by atoms with Crippen LogP contribution in [0.5, 0.6) is 0 Å². The van der Waals surface area contributed by atoms with Crippen molar-refractivity contribution in [2.75, 3.05) is 38.3 Å². The molecule has 5 heteroatoms. The molecule has 0 bridgehead atoms. The van der Waals surface area contributed by atoms with Crippen molar-refractivity contribution in [3.63, 3.8) is 0 Å². The van der Waals surface area contributed by atoms with Crippen molar-refractivity contribution in [2.24, 2.45) is 0 Å². The minimum Gasteiger partial charge on any atom is -0.383 e. The molecule has 0 spiro atoms. The summed E-state index contributed by atoms with van der Waals surface area (Å²) in [7, 11) is 1.63. The fourth-order valence-corrected chi connectivity index (χ4v) is 2.47. The maximum absolute atomic E-state index is 11.2. The van der Waals surface area contributed by atoms with Gasteiger partial charge < -0.3 is 15.4 Å². The number of carbonyl (C=O) groups is 1. The summed E-state index contributed by atoms with van der Waals surface area (Å²) in [6.07, 6.45) is 1.18. The number of nitrogens with one attached hydrogen (secondary N) is 2. The Morgan fingerprint density at radius 3 is 3.14 bits per heavy atom. The first-order chi connectivity index (χ1) is 6.83. The molecule has 0 aromatic heterocycles. The molecule has 1 fully saturated rings. The third-order valence-corrected chi connectivity index (χ3v) is 3.27. The number of hydrogen-bond acceptors (Lipinski definition) is 4. The number of methoxy groups -OCH3 is 1. The van der Waals surface area contributed by atoms with Gasteiger partial charge in [-0.1, -0.05) is 0 Å². The molecule has 0 radical (unpaired) electrons. The topological polar surface area (TPSA) is 50.4 Å². The van der Waals surface area contributed by atoms with Crippen molar-refractivity contribution in [3.05, 3.63) is 0 Å². The average molecular weight is 218 g/mol. The van der Waals surface area contributed by atoms with E-state index in [1.807, 2.05) is 11.8 Å². The molecule has 1 aliphatic rings. The Labute approximate surface area is 89.2 Å². The van der Waals surface area contributed by atoms with Gasteiger partial charge in [-0.05, 0) is 12.2 Å². The molecule has 82 valence electrons. The molecule has 0 aromatic rings. The summed E-state index contributed by atoms with van der Waals surface area (Å²) >= 11 is 1.94. The Bertz CT molecular complexity index is 172. The standard InChI is InChI=1S/C9H18N2O2S/c1-13-4-3-10-9(12)6-11-8-2-5-14-7-8/h8,11H,2-7H2,1H3,(H,10,12). The Kier molecular flexibility index (Phi) is 5.98. The maximum atomic E-state index is 11.2. The first-order valence-electron chi connectivity index (χ1n) is 4.89. The van der Waals surface area contributed by atoms with Gasteiger partial charge in [0.25, 0.3) is 0 Å². The Morgan fingerprint density at radius 2 is 2.50 bits per heavy atom. The van der Waals surface area contributed by atoms with Crippen molar-refractivity contribution in [1.29, 1.82) is 0 Å². The van der Waals surface area contributed by atoms with Crippen molar-refractivity contribution < 1.29 is 9.53 Å². The van der Waals surface area contributed by atoms with E-state index in [0.717, 1.165) is 5.75 Å². The smallest absolute Gasteiger partial charge is 0.234 e. The molecule has 2 N–H and O–H groups in total. The Hall–Kier alpha value is -0.260. The molecule has 1 rings (SSSR count). The maximum Gasteiger partial charge on any atom is 0.234 e. The van der Waals surface area contributed by atoms with Crippen LogP contribution < -0.4 is 10.6 Å². The van der Waals surface area contributed by atoms with E-state index in [4.69, 9.17) is 4.74 Å². The molecule has 0 saturated carbocycles. The molecular weight excluding hydrogens is 200 g/mol. The predicted molar refractivity (Wildman–Crippen MR) is 58.6 cm³/mol. The van der Waals surface area contributed by atoms with E-state index in [1.165, 1.54) is 12.2 Å². The quantitative estimate of drug-likeness (QED) is 0.609. The van der Waals surface area contributed by atoms with Gasteiger partial charge in [0.1, 0.15) is 0 Å². The summed E-state index contributed by atoms with van der Waals surface area (Å²) in [4.78, 5) is 11.2. The van der Waals surface area contributed by atoms with E-state index in [9.17, 15) is 4.79 Å². The number of thioether (sulfide) groups is 1. The SMILES string of the molecule is COCCNC(=O)CNC1CCSC1. The minimum atomic E-state index is 0.0546. The van der Waals surface area contributed by atoms with E-state index >= 15 is 0 Å². The molecule has 0 aromatic carbocycles. The minimum absolute atomic E-state index is 0.0546. The lowest BCUT2D eigenvalue weighted by Crippen LogP contribution is -2.40. The van der Waals surface area contributed by atoms with Crippen molar-refractivity contribution >= 4 is 17.7 Å². The fraction of sp³-hybridized carbons (Fsp3) is 0.889. The zero-order valence-electron chi connectivity index (χ0n) is 8.54. The highest BCUT2D eigenvalue weighted by Crippen LogP contribution is 2.16. The highest BCUT2D eigenvalue weighted by molar-refractivity contribution is 7.99. The fourth-order valence-electron chi connectivity index (χ4n) is 1.29. The number of hydrogen-bond donors (Lipinski definition) is 2. The van der Waals surface area contributed by atoms with Crippen LogP contribution in [-0.4, -0.2) is 50.3 Å². The molecule has 1 aliphatic heterocycles. The number of ether oxygens (including phenoxy) is 1. The number of amides is 1. The normalized spacial score (nSPS) is 21.1. The van der Waals surface area contributed by atoms with Crippen molar-refractivity contribution in [1.82, 2.24) is 10.6 Å². The number of rotatable bonds is 6. The van der Waals surface area contributed by atoms with Gasteiger partial charge in [-0.2, -0.15) is 11.8 Å². The first-order valence-corrected chi connectivity index (χ1v) is 6.05. The zero-order chi connectivity index (χ0) is 10.2. The van der Waals surface area contributed by atoms with Crippen LogP contribution in [0.3, 0.4) is 0 Å². The van der Waals surface area contributed by atoms with Crippen LogP contribution in [0, 0.1) is 0 Å². The predicted octanol–water partition coefficient (Wildman–Crippen LogP) is -0.156. The highest BCUT2D eigenvalue weighted by atomic mass is 32.2.